The molecule has 0 saturated carbocycles. The van der Waals surface area contributed by atoms with Gasteiger partial charge in [-0.1, -0.05) is 60.7 Å². The standard InChI is InChI=1S/C21H24N2O5/c24-19(14-22-12-11-16-7-3-1-4-8-16)18(13-20(25)26)23-21(27)28-15-17-9-5-2-6-10-17/h1-10,18,22H,11-15H2,(H,23,27)(H,25,26). The van der Waals surface area contributed by atoms with Gasteiger partial charge < -0.3 is 20.5 Å². The smallest absolute Gasteiger partial charge is 0.408 e. The SMILES string of the molecule is O=C(O)CC(NC(=O)OCc1ccccc1)C(=O)CNCCc1ccccc1. The fraction of sp³-hybridized carbons (Fsp3) is 0.286. The van der Waals surface area contributed by atoms with E-state index < -0.39 is 30.3 Å². The molecule has 0 aliphatic rings. The monoisotopic (exact) mass is 384 g/mol. The molecule has 0 aliphatic carbocycles. The van der Waals surface area contributed by atoms with Gasteiger partial charge >= 0.3 is 12.1 Å². The van der Waals surface area contributed by atoms with Crippen molar-refractivity contribution < 1.29 is 24.2 Å². The molecule has 0 aromatic heterocycles. The van der Waals surface area contributed by atoms with Crippen LogP contribution in [0.15, 0.2) is 60.7 Å². The van der Waals surface area contributed by atoms with E-state index in [9.17, 15) is 14.4 Å². The zero-order valence-corrected chi connectivity index (χ0v) is 15.5. The molecule has 0 fully saturated rings. The summed E-state index contributed by atoms with van der Waals surface area (Å²) >= 11 is 0. The minimum Gasteiger partial charge on any atom is -0.481 e. The Hall–Kier alpha value is -3.19. The summed E-state index contributed by atoms with van der Waals surface area (Å²) in [5, 5.41) is 14.3. The van der Waals surface area contributed by atoms with Gasteiger partial charge in [-0.2, -0.15) is 0 Å². The van der Waals surface area contributed by atoms with Crippen LogP contribution < -0.4 is 10.6 Å². The van der Waals surface area contributed by atoms with E-state index in [1.165, 1.54) is 0 Å². The van der Waals surface area contributed by atoms with Gasteiger partial charge in [0.1, 0.15) is 12.6 Å². The molecule has 7 nitrogen and oxygen atoms in total. The molecule has 0 bridgehead atoms. The third-order valence-electron chi connectivity index (χ3n) is 4.00. The maximum absolute atomic E-state index is 12.3. The van der Waals surface area contributed by atoms with Crippen LogP contribution in [0.2, 0.25) is 0 Å². The third-order valence-corrected chi connectivity index (χ3v) is 4.00. The van der Waals surface area contributed by atoms with Crippen LogP contribution in [0.1, 0.15) is 17.5 Å². The van der Waals surface area contributed by atoms with Gasteiger partial charge in [0, 0.05) is 0 Å². The van der Waals surface area contributed by atoms with Gasteiger partial charge in [0.2, 0.25) is 0 Å². The molecule has 2 aromatic carbocycles. The van der Waals surface area contributed by atoms with Crippen molar-refractivity contribution in [2.75, 3.05) is 13.1 Å². The average Bonchev–Trinajstić information content (AvgIpc) is 2.70. The van der Waals surface area contributed by atoms with Crippen LogP contribution in [0.3, 0.4) is 0 Å². The molecule has 0 aliphatic heterocycles. The molecular weight excluding hydrogens is 360 g/mol. The van der Waals surface area contributed by atoms with Crippen molar-refractivity contribution in [3.05, 3.63) is 71.8 Å². The van der Waals surface area contributed by atoms with Gasteiger partial charge in [-0.05, 0) is 24.1 Å². The van der Waals surface area contributed by atoms with E-state index in [2.05, 4.69) is 10.6 Å². The highest BCUT2D eigenvalue weighted by molar-refractivity contribution is 5.92. The summed E-state index contributed by atoms with van der Waals surface area (Å²) < 4.78 is 5.06. The molecule has 0 radical (unpaired) electrons. The number of ketones is 1. The largest absolute Gasteiger partial charge is 0.481 e. The number of ether oxygens (including phenoxy) is 1. The molecule has 0 heterocycles. The van der Waals surface area contributed by atoms with E-state index in [4.69, 9.17) is 9.84 Å². The number of aliphatic carboxylic acids is 1. The first kappa shape index (κ1) is 21.1. The summed E-state index contributed by atoms with van der Waals surface area (Å²) in [6.07, 6.45) is -0.586. The van der Waals surface area contributed by atoms with Crippen molar-refractivity contribution in [3.8, 4) is 0 Å². The topological polar surface area (TPSA) is 105 Å². The molecule has 1 atom stereocenters. The Labute approximate surface area is 163 Å². The fourth-order valence-corrected chi connectivity index (χ4v) is 2.54. The summed E-state index contributed by atoms with van der Waals surface area (Å²) in [6.45, 7) is 0.563. The van der Waals surface area contributed by atoms with E-state index in [-0.39, 0.29) is 13.2 Å². The summed E-state index contributed by atoms with van der Waals surface area (Å²) in [5.74, 6) is -1.59. The number of hydrogen-bond acceptors (Lipinski definition) is 5. The van der Waals surface area contributed by atoms with Gasteiger partial charge in [-0.15, -0.1) is 0 Å². The van der Waals surface area contributed by atoms with E-state index >= 15 is 0 Å². The Morgan fingerprint density at radius 1 is 0.929 bits per heavy atom. The maximum atomic E-state index is 12.3. The van der Waals surface area contributed by atoms with Crippen LogP contribution in [0, 0.1) is 0 Å². The second kappa shape index (κ2) is 11.5. The minimum atomic E-state index is -1.18. The van der Waals surface area contributed by atoms with Gasteiger partial charge in [-0.25, -0.2) is 4.79 Å². The van der Waals surface area contributed by atoms with Gasteiger partial charge in [0.25, 0.3) is 0 Å². The lowest BCUT2D eigenvalue weighted by Gasteiger charge is -2.16. The third kappa shape index (κ3) is 8.01. The number of amides is 1. The van der Waals surface area contributed by atoms with Crippen LogP contribution in [-0.2, 0) is 27.4 Å². The fourth-order valence-electron chi connectivity index (χ4n) is 2.54. The van der Waals surface area contributed by atoms with E-state index in [1.54, 1.807) is 12.1 Å². The van der Waals surface area contributed by atoms with Crippen LogP contribution in [0.25, 0.3) is 0 Å². The Morgan fingerprint density at radius 2 is 1.54 bits per heavy atom. The van der Waals surface area contributed by atoms with Crippen LogP contribution in [0.5, 0.6) is 0 Å². The molecule has 3 N–H and O–H groups in total. The normalized spacial score (nSPS) is 11.4. The molecule has 1 amide bonds. The lowest BCUT2D eigenvalue weighted by atomic mass is 10.1. The zero-order chi connectivity index (χ0) is 20.2. The molecule has 148 valence electrons. The van der Waals surface area contributed by atoms with Gasteiger partial charge in [0.15, 0.2) is 5.78 Å². The quantitative estimate of drug-likeness (QED) is 0.513. The van der Waals surface area contributed by atoms with Crippen LogP contribution >= 0.6 is 0 Å². The summed E-state index contributed by atoms with van der Waals surface area (Å²) in [4.78, 5) is 35.3. The number of carbonyl (C=O) groups excluding carboxylic acids is 2. The first-order valence-corrected chi connectivity index (χ1v) is 9.01. The van der Waals surface area contributed by atoms with Crippen molar-refractivity contribution >= 4 is 17.8 Å². The van der Waals surface area contributed by atoms with Crippen molar-refractivity contribution in [1.29, 1.82) is 0 Å². The average molecular weight is 384 g/mol. The van der Waals surface area contributed by atoms with E-state index in [0.717, 1.165) is 17.5 Å². The maximum Gasteiger partial charge on any atom is 0.408 e. The minimum absolute atomic E-state index is 0.0377. The highest BCUT2D eigenvalue weighted by Crippen LogP contribution is 2.02. The number of alkyl carbamates (subject to hydrolysis) is 1. The molecule has 7 heteroatoms. The van der Waals surface area contributed by atoms with Crippen molar-refractivity contribution in [3.63, 3.8) is 0 Å². The Morgan fingerprint density at radius 3 is 2.14 bits per heavy atom. The lowest BCUT2D eigenvalue weighted by Crippen LogP contribution is -2.46. The first-order chi connectivity index (χ1) is 13.5. The number of hydrogen-bond donors (Lipinski definition) is 3. The van der Waals surface area contributed by atoms with E-state index in [0.29, 0.717) is 6.54 Å². The predicted octanol–water partition coefficient (Wildman–Crippen LogP) is 2.16. The van der Waals surface area contributed by atoms with Gasteiger partial charge in [-0.3, -0.25) is 9.59 Å². The predicted molar refractivity (Wildman–Crippen MR) is 104 cm³/mol. The second-order valence-corrected chi connectivity index (χ2v) is 6.24. The summed E-state index contributed by atoms with van der Waals surface area (Å²) in [6, 6.07) is 17.7. The number of carbonyl (C=O) groups is 3. The number of rotatable bonds is 11. The summed E-state index contributed by atoms with van der Waals surface area (Å²) in [5.41, 5.74) is 1.92. The number of carboxylic acids is 1. The Bertz CT molecular complexity index is 765. The van der Waals surface area contributed by atoms with Crippen molar-refractivity contribution in [2.24, 2.45) is 0 Å². The molecule has 2 aromatic rings. The summed E-state index contributed by atoms with van der Waals surface area (Å²) in [7, 11) is 0. The molecule has 0 saturated heterocycles. The second-order valence-electron chi connectivity index (χ2n) is 6.24. The highest BCUT2D eigenvalue weighted by atomic mass is 16.5. The number of Topliss-reactive ketones (excluding diaryl/α,β-unsaturated/α-hetero) is 1. The molecule has 28 heavy (non-hydrogen) atoms. The molecular formula is C21H24N2O5. The van der Waals surface area contributed by atoms with Gasteiger partial charge in [0.05, 0.1) is 13.0 Å². The highest BCUT2D eigenvalue weighted by Gasteiger charge is 2.23. The zero-order valence-electron chi connectivity index (χ0n) is 15.5. The van der Waals surface area contributed by atoms with E-state index in [1.807, 2.05) is 48.5 Å². The van der Waals surface area contributed by atoms with Crippen molar-refractivity contribution in [1.82, 2.24) is 10.6 Å². The Kier molecular flexibility index (Phi) is 8.68. The lowest BCUT2D eigenvalue weighted by molar-refractivity contribution is -0.139. The Balaban J connectivity index is 1.77. The molecule has 2 rings (SSSR count). The number of carboxylic acid groups (broad SMARTS) is 1. The molecule has 1 unspecified atom stereocenters. The van der Waals surface area contributed by atoms with Crippen molar-refractivity contribution in [2.45, 2.75) is 25.5 Å². The van der Waals surface area contributed by atoms with Crippen LogP contribution in [0.4, 0.5) is 4.79 Å². The number of nitrogens with one attached hydrogen (secondary N) is 2. The molecule has 0 spiro atoms. The number of benzene rings is 2. The van der Waals surface area contributed by atoms with Crippen LogP contribution in [-0.4, -0.2) is 42.1 Å². The first-order valence-electron chi connectivity index (χ1n) is 9.01.